The molecule has 0 heterocycles. The summed E-state index contributed by atoms with van der Waals surface area (Å²) in [6.45, 7) is 2.24. The van der Waals surface area contributed by atoms with Crippen molar-refractivity contribution in [3.05, 3.63) is 0 Å². The SMILES string of the molecule is Br.CCOC(=O)CCCO. The molecule has 4 heteroatoms. The quantitative estimate of drug-likeness (QED) is 0.705. The largest absolute Gasteiger partial charge is 0.466 e. The first kappa shape index (κ1) is 12.6. The van der Waals surface area contributed by atoms with Gasteiger partial charge in [0.1, 0.15) is 0 Å². The highest BCUT2D eigenvalue weighted by molar-refractivity contribution is 8.93. The van der Waals surface area contributed by atoms with E-state index in [-0.39, 0.29) is 29.6 Å². The molecular formula is C6H13BrO3. The van der Waals surface area contributed by atoms with Gasteiger partial charge < -0.3 is 9.84 Å². The molecule has 0 atom stereocenters. The van der Waals surface area contributed by atoms with Gasteiger partial charge >= 0.3 is 5.97 Å². The van der Waals surface area contributed by atoms with Crippen LogP contribution in [-0.4, -0.2) is 24.3 Å². The predicted octanol–water partition coefficient (Wildman–Crippen LogP) is 0.900. The van der Waals surface area contributed by atoms with E-state index in [0.717, 1.165) is 0 Å². The van der Waals surface area contributed by atoms with Crippen molar-refractivity contribution in [3.63, 3.8) is 0 Å². The van der Waals surface area contributed by atoms with E-state index in [0.29, 0.717) is 19.4 Å². The van der Waals surface area contributed by atoms with Gasteiger partial charge in [-0.15, -0.1) is 17.0 Å². The van der Waals surface area contributed by atoms with Gasteiger partial charge in [0.25, 0.3) is 0 Å². The van der Waals surface area contributed by atoms with Crippen LogP contribution in [0.2, 0.25) is 0 Å². The summed E-state index contributed by atoms with van der Waals surface area (Å²) in [4.78, 5) is 10.5. The number of carbonyl (C=O) groups excluding carboxylic acids is 1. The molecular weight excluding hydrogens is 200 g/mol. The van der Waals surface area contributed by atoms with Crippen LogP contribution in [0.15, 0.2) is 0 Å². The third-order valence-corrected chi connectivity index (χ3v) is 0.844. The number of aliphatic hydroxyl groups is 1. The fourth-order valence-corrected chi connectivity index (χ4v) is 0.457. The molecule has 0 aliphatic rings. The smallest absolute Gasteiger partial charge is 0.305 e. The first-order valence-corrected chi connectivity index (χ1v) is 3.07. The lowest BCUT2D eigenvalue weighted by Crippen LogP contribution is -2.03. The maximum absolute atomic E-state index is 10.5. The Labute approximate surface area is 71.1 Å². The molecule has 0 rings (SSSR count). The zero-order valence-corrected chi connectivity index (χ0v) is 7.71. The van der Waals surface area contributed by atoms with E-state index in [9.17, 15) is 4.79 Å². The molecule has 0 aromatic rings. The molecule has 0 spiro atoms. The zero-order chi connectivity index (χ0) is 7.11. The number of carbonyl (C=O) groups is 1. The maximum atomic E-state index is 10.5. The molecule has 0 aliphatic carbocycles. The molecule has 0 amide bonds. The van der Waals surface area contributed by atoms with Crippen LogP contribution in [0.25, 0.3) is 0 Å². The first-order valence-electron chi connectivity index (χ1n) is 3.07. The van der Waals surface area contributed by atoms with E-state index in [1.165, 1.54) is 0 Å². The second-order valence-corrected chi connectivity index (χ2v) is 1.63. The van der Waals surface area contributed by atoms with Crippen molar-refractivity contribution in [2.24, 2.45) is 0 Å². The van der Waals surface area contributed by atoms with E-state index >= 15 is 0 Å². The van der Waals surface area contributed by atoms with Crippen molar-refractivity contribution in [2.45, 2.75) is 19.8 Å². The molecule has 62 valence electrons. The van der Waals surface area contributed by atoms with E-state index in [4.69, 9.17) is 5.11 Å². The third kappa shape index (κ3) is 7.91. The Hall–Kier alpha value is -0.0900. The van der Waals surface area contributed by atoms with Gasteiger partial charge in [-0.1, -0.05) is 0 Å². The van der Waals surface area contributed by atoms with E-state index in [1.807, 2.05) is 0 Å². The highest BCUT2D eigenvalue weighted by Crippen LogP contribution is 1.89. The minimum atomic E-state index is -0.230. The second kappa shape index (κ2) is 8.91. The van der Waals surface area contributed by atoms with Gasteiger partial charge in [-0.2, -0.15) is 0 Å². The van der Waals surface area contributed by atoms with Crippen molar-refractivity contribution >= 4 is 23.0 Å². The third-order valence-electron chi connectivity index (χ3n) is 0.844. The van der Waals surface area contributed by atoms with Crippen LogP contribution in [0.5, 0.6) is 0 Å². The number of esters is 1. The molecule has 3 nitrogen and oxygen atoms in total. The van der Waals surface area contributed by atoms with Crippen LogP contribution < -0.4 is 0 Å². The van der Waals surface area contributed by atoms with Gasteiger partial charge in [0.2, 0.25) is 0 Å². The summed E-state index contributed by atoms with van der Waals surface area (Å²) < 4.78 is 4.59. The number of hydrogen-bond donors (Lipinski definition) is 1. The molecule has 0 unspecified atom stereocenters. The Kier molecular flexibility index (Phi) is 11.2. The first-order chi connectivity index (χ1) is 4.31. The number of ether oxygens (including phenoxy) is 1. The zero-order valence-electron chi connectivity index (χ0n) is 6.00. The van der Waals surface area contributed by atoms with E-state index in [2.05, 4.69) is 4.74 Å². The van der Waals surface area contributed by atoms with E-state index in [1.54, 1.807) is 6.92 Å². The summed E-state index contributed by atoms with van der Waals surface area (Å²) >= 11 is 0. The van der Waals surface area contributed by atoms with Crippen LogP contribution in [-0.2, 0) is 9.53 Å². The lowest BCUT2D eigenvalue weighted by atomic mass is 10.3. The normalized spacial score (nSPS) is 8.20. The monoisotopic (exact) mass is 212 g/mol. The fraction of sp³-hybridized carbons (Fsp3) is 0.833. The van der Waals surface area contributed by atoms with Gasteiger partial charge in [-0.3, -0.25) is 4.79 Å². The van der Waals surface area contributed by atoms with Crippen molar-refractivity contribution in [2.75, 3.05) is 13.2 Å². The van der Waals surface area contributed by atoms with Crippen molar-refractivity contribution < 1.29 is 14.6 Å². The number of hydrogen-bond acceptors (Lipinski definition) is 3. The summed E-state index contributed by atoms with van der Waals surface area (Å²) in [5.74, 6) is -0.230. The molecule has 1 N–H and O–H groups in total. The Morgan fingerprint density at radius 3 is 2.60 bits per heavy atom. The molecule has 0 saturated heterocycles. The topological polar surface area (TPSA) is 46.5 Å². The number of halogens is 1. The highest BCUT2D eigenvalue weighted by Gasteiger charge is 1.97. The average Bonchev–Trinajstić information content (AvgIpc) is 1.85. The molecule has 0 aromatic heterocycles. The van der Waals surface area contributed by atoms with E-state index < -0.39 is 0 Å². The molecule has 10 heavy (non-hydrogen) atoms. The van der Waals surface area contributed by atoms with Crippen molar-refractivity contribution in [1.29, 1.82) is 0 Å². The summed E-state index contributed by atoms with van der Waals surface area (Å²) in [7, 11) is 0. The lowest BCUT2D eigenvalue weighted by Gasteiger charge is -1.97. The molecule has 0 aliphatic heterocycles. The van der Waals surface area contributed by atoms with Crippen LogP contribution in [0, 0.1) is 0 Å². The summed E-state index contributed by atoms with van der Waals surface area (Å²) in [5.41, 5.74) is 0. The highest BCUT2D eigenvalue weighted by atomic mass is 79.9. The Morgan fingerprint density at radius 1 is 1.60 bits per heavy atom. The summed E-state index contributed by atoms with van der Waals surface area (Å²) in [6, 6.07) is 0. The van der Waals surface area contributed by atoms with Gasteiger partial charge in [-0.05, 0) is 13.3 Å². The minimum absolute atomic E-state index is 0. The molecule has 0 bridgehead atoms. The van der Waals surface area contributed by atoms with Gasteiger partial charge in [0.15, 0.2) is 0 Å². The van der Waals surface area contributed by atoms with Crippen LogP contribution >= 0.6 is 17.0 Å². The number of rotatable bonds is 4. The minimum Gasteiger partial charge on any atom is -0.466 e. The lowest BCUT2D eigenvalue weighted by molar-refractivity contribution is -0.143. The van der Waals surface area contributed by atoms with Gasteiger partial charge in [0.05, 0.1) is 6.61 Å². The molecule has 0 fully saturated rings. The second-order valence-electron chi connectivity index (χ2n) is 1.63. The Morgan fingerprint density at radius 2 is 2.20 bits per heavy atom. The van der Waals surface area contributed by atoms with Crippen LogP contribution in [0.3, 0.4) is 0 Å². The summed E-state index contributed by atoms with van der Waals surface area (Å²) in [5, 5.41) is 8.28. The molecule has 0 radical (unpaired) electrons. The fourth-order valence-electron chi connectivity index (χ4n) is 0.457. The van der Waals surface area contributed by atoms with Crippen molar-refractivity contribution in [3.8, 4) is 0 Å². The number of aliphatic hydroxyl groups excluding tert-OH is 1. The average molecular weight is 213 g/mol. The maximum Gasteiger partial charge on any atom is 0.305 e. The van der Waals surface area contributed by atoms with Crippen molar-refractivity contribution in [1.82, 2.24) is 0 Å². The predicted molar refractivity (Wildman–Crippen MR) is 43.3 cm³/mol. The Bertz CT molecular complexity index is 85.1. The van der Waals surface area contributed by atoms with Crippen LogP contribution in [0.4, 0.5) is 0 Å². The Balaban J connectivity index is 0. The van der Waals surface area contributed by atoms with Gasteiger partial charge in [-0.25, -0.2) is 0 Å². The summed E-state index contributed by atoms with van der Waals surface area (Å²) in [6.07, 6.45) is 0.823. The van der Waals surface area contributed by atoms with Gasteiger partial charge in [0, 0.05) is 13.0 Å². The standard InChI is InChI=1S/C6H12O3.BrH/c1-2-9-6(8)4-3-5-7;/h7H,2-5H2,1H3;1H. The molecule has 0 aromatic carbocycles. The van der Waals surface area contributed by atoms with Crippen LogP contribution in [0.1, 0.15) is 19.8 Å². The molecule has 0 saturated carbocycles.